The second kappa shape index (κ2) is 5.48. The van der Waals surface area contributed by atoms with E-state index in [1.165, 1.54) is 43.4 Å². The molecule has 0 bridgehead atoms. The van der Waals surface area contributed by atoms with Crippen molar-refractivity contribution in [2.24, 2.45) is 0 Å². The summed E-state index contributed by atoms with van der Waals surface area (Å²) in [6.45, 7) is 4.13. The molecule has 1 aliphatic rings. The smallest absolute Gasteiger partial charge is 0.0537 e. The lowest BCUT2D eigenvalue weighted by Crippen LogP contribution is -2.15. The molecule has 1 aliphatic carbocycles. The zero-order chi connectivity index (χ0) is 11.4. The fraction of sp³-hybridized carbons (Fsp3) is 0.769. The largest absolute Gasteiger partial charge is 0.316 e. The van der Waals surface area contributed by atoms with Crippen molar-refractivity contribution in [1.82, 2.24) is 15.1 Å². The van der Waals surface area contributed by atoms with Crippen molar-refractivity contribution in [3.8, 4) is 0 Å². The van der Waals surface area contributed by atoms with Gasteiger partial charge in [0.25, 0.3) is 0 Å². The molecule has 90 valence electrons. The molecule has 1 N–H and O–H groups in total. The average molecular weight is 221 g/mol. The van der Waals surface area contributed by atoms with E-state index in [2.05, 4.69) is 22.0 Å². The SMILES string of the molecule is CCn1ncc(CNC)c1C1CCCCC1. The summed E-state index contributed by atoms with van der Waals surface area (Å²) < 4.78 is 2.20. The van der Waals surface area contributed by atoms with Gasteiger partial charge in [0.2, 0.25) is 0 Å². The molecule has 0 amide bonds. The summed E-state index contributed by atoms with van der Waals surface area (Å²) in [5.41, 5.74) is 2.90. The van der Waals surface area contributed by atoms with Crippen LogP contribution in [0.2, 0.25) is 0 Å². The summed E-state index contributed by atoms with van der Waals surface area (Å²) >= 11 is 0. The highest BCUT2D eigenvalue weighted by Gasteiger charge is 2.22. The minimum Gasteiger partial charge on any atom is -0.316 e. The maximum atomic E-state index is 4.51. The Morgan fingerprint density at radius 1 is 1.38 bits per heavy atom. The molecule has 1 aromatic heterocycles. The van der Waals surface area contributed by atoms with E-state index in [-0.39, 0.29) is 0 Å². The molecule has 0 atom stereocenters. The fourth-order valence-electron chi connectivity index (χ4n) is 2.86. The van der Waals surface area contributed by atoms with Crippen LogP contribution in [0, 0.1) is 0 Å². The first kappa shape index (κ1) is 11.6. The van der Waals surface area contributed by atoms with Crippen LogP contribution in [0.15, 0.2) is 6.20 Å². The average Bonchev–Trinajstić information content (AvgIpc) is 2.74. The van der Waals surface area contributed by atoms with Crippen molar-refractivity contribution in [1.29, 1.82) is 0 Å². The number of nitrogens with one attached hydrogen (secondary N) is 1. The summed E-state index contributed by atoms with van der Waals surface area (Å²) in [6.07, 6.45) is 8.93. The molecule has 16 heavy (non-hydrogen) atoms. The van der Waals surface area contributed by atoms with Gasteiger partial charge in [-0.15, -0.1) is 0 Å². The van der Waals surface area contributed by atoms with Crippen LogP contribution in [0.5, 0.6) is 0 Å². The van der Waals surface area contributed by atoms with Crippen LogP contribution in [0.25, 0.3) is 0 Å². The molecule has 1 saturated carbocycles. The minimum atomic E-state index is 0.750. The van der Waals surface area contributed by atoms with Crippen molar-refractivity contribution in [2.75, 3.05) is 7.05 Å². The number of rotatable bonds is 4. The van der Waals surface area contributed by atoms with E-state index in [4.69, 9.17) is 0 Å². The van der Waals surface area contributed by atoms with E-state index >= 15 is 0 Å². The molecule has 1 heterocycles. The van der Waals surface area contributed by atoms with E-state index in [0.29, 0.717) is 0 Å². The van der Waals surface area contributed by atoms with Gasteiger partial charge in [-0.25, -0.2) is 0 Å². The van der Waals surface area contributed by atoms with Gasteiger partial charge in [0.15, 0.2) is 0 Å². The van der Waals surface area contributed by atoms with Crippen molar-refractivity contribution in [2.45, 2.75) is 58.0 Å². The zero-order valence-electron chi connectivity index (χ0n) is 10.5. The van der Waals surface area contributed by atoms with Crippen molar-refractivity contribution in [3.05, 3.63) is 17.5 Å². The highest BCUT2D eigenvalue weighted by atomic mass is 15.3. The first-order chi connectivity index (χ1) is 7.86. The monoisotopic (exact) mass is 221 g/mol. The van der Waals surface area contributed by atoms with Gasteiger partial charge in [-0.05, 0) is 26.8 Å². The van der Waals surface area contributed by atoms with Gasteiger partial charge in [0.1, 0.15) is 0 Å². The van der Waals surface area contributed by atoms with E-state index in [0.717, 1.165) is 19.0 Å². The molecule has 0 saturated heterocycles. The summed E-state index contributed by atoms with van der Waals surface area (Å²) in [5.74, 6) is 0.750. The molecular formula is C13H23N3. The van der Waals surface area contributed by atoms with E-state index in [1.807, 2.05) is 13.2 Å². The summed E-state index contributed by atoms with van der Waals surface area (Å²) in [5, 5.41) is 7.75. The topological polar surface area (TPSA) is 29.9 Å². The Labute approximate surface area is 98.2 Å². The Kier molecular flexibility index (Phi) is 3.99. The lowest BCUT2D eigenvalue weighted by molar-refractivity contribution is 0.415. The maximum Gasteiger partial charge on any atom is 0.0537 e. The molecule has 0 aromatic carbocycles. The highest BCUT2D eigenvalue weighted by molar-refractivity contribution is 5.22. The van der Waals surface area contributed by atoms with Crippen LogP contribution in [0.1, 0.15) is 56.2 Å². The lowest BCUT2D eigenvalue weighted by Gasteiger charge is -2.23. The first-order valence-corrected chi connectivity index (χ1v) is 6.56. The molecular weight excluding hydrogens is 198 g/mol. The standard InChI is InChI=1S/C13H23N3/c1-3-16-13(11-7-5-4-6-8-11)12(9-14-2)10-15-16/h10-11,14H,3-9H2,1-2H3. The summed E-state index contributed by atoms with van der Waals surface area (Å²) in [6, 6.07) is 0. The van der Waals surface area contributed by atoms with E-state index in [1.54, 1.807) is 0 Å². The van der Waals surface area contributed by atoms with Crippen molar-refractivity contribution < 1.29 is 0 Å². The predicted molar refractivity (Wildman–Crippen MR) is 66.5 cm³/mol. The summed E-state index contributed by atoms with van der Waals surface area (Å²) in [7, 11) is 2.01. The van der Waals surface area contributed by atoms with Gasteiger partial charge in [-0.2, -0.15) is 5.10 Å². The Hall–Kier alpha value is -0.830. The van der Waals surface area contributed by atoms with Gasteiger partial charge in [-0.1, -0.05) is 19.3 Å². The normalized spacial score (nSPS) is 17.9. The number of aryl methyl sites for hydroxylation is 1. The van der Waals surface area contributed by atoms with Crippen LogP contribution < -0.4 is 5.32 Å². The molecule has 3 heteroatoms. The van der Waals surface area contributed by atoms with Crippen LogP contribution in [-0.2, 0) is 13.1 Å². The van der Waals surface area contributed by atoms with Crippen molar-refractivity contribution >= 4 is 0 Å². The Bertz CT molecular complexity index is 324. The third kappa shape index (κ3) is 2.29. The van der Waals surface area contributed by atoms with E-state index < -0.39 is 0 Å². The highest BCUT2D eigenvalue weighted by Crippen LogP contribution is 2.34. The van der Waals surface area contributed by atoms with Gasteiger partial charge in [0, 0.05) is 30.3 Å². The zero-order valence-corrected chi connectivity index (χ0v) is 10.5. The van der Waals surface area contributed by atoms with Crippen molar-refractivity contribution in [3.63, 3.8) is 0 Å². The molecule has 1 fully saturated rings. The summed E-state index contributed by atoms with van der Waals surface area (Å²) in [4.78, 5) is 0. The van der Waals surface area contributed by atoms with Gasteiger partial charge in [0.05, 0.1) is 6.20 Å². The molecule has 3 nitrogen and oxygen atoms in total. The quantitative estimate of drug-likeness (QED) is 0.847. The van der Waals surface area contributed by atoms with Crippen LogP contribution >= 0.6 is 0 Å². The Morgan fingerprint density at radius 3 is 2.75 bits per heavy atom. The second-order valence-electron chi connectivity index (χ2n) is 4.74. The first-order valence-electron chi connectivity index (χ1n) is 6.56. The fourth-order valence-corrected chi connectivity index (χ4v) is 2.86. The van der Waals surface area contributed by atoms with Crippen LogP contribution in [-0.4, -0.2) is 16.8 Å². The number of nitrogens with zero attached hydrogens (tertiary/aromatic N) is 2. The predicted octanol–water partition coefficient (Wildman–Crippen LogP) is 2.67. The molecule has 0 spiro atoms. The van der Waals surface area contributed by atoms with Gasteiger partial charge < -0.3 is 5.32 Å². The third-order valence-electron chi connectivity index (χ3n) is 3.62. The van der Waals surface area contributed by atoms with Gasteiger partial charge >= 0.3 is 0 Å². The van der Waals surface area contributed by atoms with Crippen LogP contribution in [0.3, 0.4) is 0 Å². The van der Waals surface area contributed by atoms with Crippen LogP contribution in [0.4, 0.5) is 0 Å². The number of aromatic nitrogens is 2. The molecule has 0 unspecified atom stereocenters. The Morgan fingerprint density at radius 2 is 2.12 bits per heavy atom. The number of hydrogen-bond donors (Lipinski definition) is 1. The maximum absolute atomic E-state index is 4.51. The second-order valence-corrected chi connectivity index (χ2v) is 4.74. The molecule has 0 radical (unpaired) electrons. The molecule has 0 aliphatic heterocycles. The molecule has 2 rings (SSSR count). The minimum absolute atomic E-state index is 0.750. The van der Waals surface area contributed by atoms with E-state index in [9.17, 15) is 0 Å². The lowest BCUT2D eigenvalue weighted by atomic mass is 9.85. The third-order valence-corrected chi connectivity index (χ3v) is 3.62. The molecule has 1 aromatic rings. The number of hydrogen-bond acceptors (Lipinski definition) is 2. The van der Waals surface area contributed by atoms with Gasteiger partial charge in [-0.3, -0.25) is 4.68 Å². The Balaban J connectivity index is 2.23.